The van der Waals surface area contributed by atoms with E-state index in [0.717, 1.165) is 18.4 Å². The van der Waals surface area contributed by atoms with Crippen molar-refractivity contribution in [2.24, 2.45) is 28.6 Å². The summed E-state index contributed by atoms with van der Waals surface area (Å²) in [4.78, 5) is 49.1. The number of ketones is 2. The van der Waals surface area contributed by atoms with E-state index < -0.39 is 59.1 Å². The molecule has 37 heavy (non-hydrogen) atoms. The first-order valence-electron chi connectivity index (χ1n) is 13.1. The average Bonchev–Trinajstić information content (AvgIpc) is 3.06. The van der Waals surface area contributed by atoms with Crippen molar-refractivity contribution in [3.05, 3.63) is 23.8 Å². The average molecular weight is 518 g/mol. The van der Waals surface area contributed by atoms with Crippen LogP contribution in [0.2, 0.25) is 0 Å². The van der Waals surface area contributed by atoms with Crippen LogP contribution in [0.25, 0.3) is 0 Å². The van der Waals surface area contributed by atoms with Crippen molar-refractivity contribution in [1.82, 2.24) is 5.32 Å². The van der Waals surface area contributed by atoms with Gasteiger partial charge in [0.25, 0.3) is 0 Å². The van der Waals surface area contributed by atoms with Gasteiger partial charge in [-0.05, 0) is 76.9 Å². The van der Waals surface area contributed by atoms with E-state index in [9.17, 15) is 29.4 Å². The van der Waals surface area contributed by atoms with Gasteiger partial charge in [0.05, 0.1) is 6.10 Å². The van der Waals surface area contributed by atoms with Crippen molar-refractivity contribution >= 4 is 23.6 Å². The second-order valence-corrected chi connectivity index (χ2v) is 12.5. The molecule has 3 N–H and O–H groups in total. The third-order valence-corrected chi connectivity index (χ3v) is 9.25. The number of amides is 1. The fraction of sp³-hybridized carbons (Fsp3) is 0.714. The van der Waals surface area contributed by atoms with Crippen molar-refractivity contribution in [1.29, 1.82) is 0 Å². The molecule has 0 bridgehead atoms. The second-order valence-electron chi connectivity index (χ2n) is 12.5. The summed E-state index contributed by atoms with van der Waals surface area (Å²) in [6.07, 6.45) is 6.25. The van der Waals surface area contributed by atoms with Gasteiger partial charge in [0.1, 0.15) is 17.7 Å². The van der Waals surface area contributed by atoms with E-state index in [2.05, 4.69) is 12.2 Å². The zero-order valence-corrected chi connectivity index (χ0v) is 22.3. The van der Waals surface area contributed by atoms with Gasteiger partial charge >= 0.3 is 12.1 Å². The lowest BCUT2D eigenvalue weighted by Crippen LogP contribution is -2.61. The lowest BCUT2D eigenvalue weighted by molar-refractivity contribution is -0.181. The maximum Gasteiger partial charge on any atom is 0.408 e. The van der Waals surface area contributed by atoms with Gasteiger partial charge < -0.3 is 25.0 Å². The minimum atomic E-state index is -1.74. The quantitative estimate of drug-likeness (QED) is 0.473. The van der Waals surface area contributed by atoms with Crippen LogP contribution in [0.4, 0.5) is 4.79 Å². The first kappa shape index (κ1) is 27.5. The molecule has 0 heterocycles. The topological polar surface area (TPSA) is 139 Å². The number of fused-ring (bicyclic) bond motifs is 5. The Balaban J connectivity index is 1.43. The monoisotopic (exact) mass is 517 g/mol. The smallest absolute Gasteiger partial charge is 0.408 e. The lowest BCUT2D eigenvalue weighted by atomic mass is 9.46. The van der Waals surface area contributed by atoms with Crippen LogP contribution in [0, 0.1) is 28.6 Å². The van der Waals surface area contributed by atoms with Gasteiger partial charge in [-0.1, -0.05) is 25.5 Å². The van der Waals surface area contributed by atoms with Crippen molar-refractivity contribution in [2.75, 3.05) is 13.2 Å². The maximum atomic E-state index is 13.3. The summed E-state index contributed by atoms with van der Waals surface area (Å²) in [7, 11) is 0. The van der Waals surface area contributed by atoms with E-state index in [0.29, 0.717) is 6.42 Å². The summed E-state index contributed by atoms with van der Waals surface area (Å²) >= 11 is 0. The molecule has 4 aliphatic carbocycles. The van der Waals surface area contributed by atoms with Gasteiger partial charge in [0.2, 0.25) is 5.78 Å². The number of nitrogens with one attached hydrogen (secondary N) is 1. The number of rotatable bonds is 5. The highest BCUT2D eigenvalue weighted by molar-refractivity contribution is 6.01. The lowest BCUT2D eigenvalue weighted by Gasteiger charge is -2.59. The van der Waals surface area contributed by atoms with E-state index in [1.54, 1.807) is 32.9 Å². The number of aliphatic hydroxyl groups is 2. The number of esters is 1. The minimum Gasteiger partial charge on any atom is -0.456 e. The third kappa shape index (κ3) is 4.76. The Hall–Kier alpha value is -2.52. The number of ether oxygens (including phenoxy) is 2. The Labute approximate surface area is 217 Å². The molecule has 4 aliphatic rings. The molecule has 3 saturated carbocycles. The van der Waals surface area contributed by atoms with Crippen LogP contribution in [0.1, 0.15) is 66.7 Å². The minimum absolute atomic E-state index is 0.00351. The van der Waals surface area contributed by atoms with Gasteiger partial charge in [-0.25, -0.2) is 4.79 Å². The van der Waals surface area contributed by atoms with Crippen LogP contribution in [0.5, 0.6) is 0 Å². The Bertz CT molecular complexity index is 1060. The Morgan fingerprint density at radius 2 is 1.89 bits per heavy atom. The van der Waals surface area contributed by atoms with E-state index in [1.807, 2.05) is 13.0 Å². The number of aliphatic hydroxyl groups excluding tert-OH is 1. The predicted molar refractivity (Wildman–Crippen MR) is 133 cm³/mol. The molecule has 204 valence electrons. The fourth-order valence-corrected chi connectivity index (χ4v) is 7.56. The summed E-state index contributed by atoms with van der Waals surface area (Å²) in [5, 5.41) is 25.4. The highest BCUT2D eigenvalue weighted by Gasteiger charge is 2.68. The number of alkyl carbamates (subject to hydrolysis) is 1. The van der Waals surface area contributed by atoms with Crippen molar-refractivity contribution in [3.63, 3.8) is 0 Å². The molecule has 9 nitrogen and oxygen atoms in total. The molecule has 7 atom stereocenters. The Kier molecular flexibility index (Phi) is 6.95. The van der Waals surface area contributed by atoms with Crippen LogP contribution in [-0.2, 0) is 23.9 Å². The van der Waals surface area contributed by atoms with Crippen molar-refractivity contribution in [2.45, 2.75) is 84.0 Å². The molecule has 0 radical (unpaired) electrons. The van der Waals surface area contributed by atoms with Gasteiger partial charge in [0, 0.05) is 16.7 Å². The number of carbonyl (C=O) groups is 4. The molecule has 0 aromatic heterocycles. The predicted octanol–water partition coefficient (Wildman–Crippen LogP) is 2.63. The Morgan fingerprint density at radius 3 is 2.57 bits per heavy atom. The molecule has 1 amide bonds. The summed E-state index contributed by atoms with van der Waals surface area (Å²) in [5.74, 6) is -1.47. The zero-order chi connectivity index (χ0) is 27.4. The fourth-order valence-electron chi connectivity index (χ4n) is 7.56. The first-order valence-corrected chi connectivity index (χ1v) is 13.1. The van der Waals surface area contributed by atoms with Crippen LogP contribution < -0.4 is 5.32 Å². The van der Waals surface area contributed by atoms with Gasteiger partial charge in [-0.2, -0.15) is 0 Å². The number of Topliss-reactive ketones (excluding diaryl/α,β-unsaturated/α-hetero) is 1. The van der Waals surface area contributed by atoms with E-state index in [4.69, 9.17) is 9.47 Å². The molecule has 0 unspecified atom stereocenters. The summed E-state index contributed by atoms with van der Waals surface area (Å²) in [6, 6.07) is 0. The van der Waals surface area contributed by atoms with Gasteiger partial charge in [-0.3, -0.25) is 14.4 Å². The summed E-state index contributed by atoms with van der Waals surface area (Å²) in [5.41, 5.74) is -2.72. The van der Waals surface area contributed by atoms with Crippen LogP contribution in [0.3, 0.4) is 0 Å². The molecule has 0 spiro atoms. The maximum absolute atomic E-state index is 13.3. The van der Waals surface area contributed by atoms with E-state index in [1.165, 1.54) is 0 Å². The molecule has 3 fully saturated rings. The van der Waals surface area contributed by atoms with Crippen LogP contribution in [0.15, 0.2) is 23.8 Å². The molecule has 0 aromatic carbocycles. The molecule has 4 rings (SSSR count). The van der Waals surface area contributed by atoms with E-state index >= 15 is 0 Å². The molecule has 0 saturated heterocycles. The third-order valence-electron chi connectivity index (χ3n) is 9.25. The largest absolute Gasteiger partial charge is 0.456 e. The van der Waals surface area contributed by atoms with E-state index in [-0.39, 0.29) is 36.4 Å². The van der Waals surface area contributed by atoms with Crippen molar-refractivity contribution in [3.8, 4) is 0 Å². The molecular weight excluding hydrogens is 478 g/mol. The molecule has 0 aromatic rings. The molecule has 0 aliphatic heterocycles. The van der Waals surface area contributed by atoms with Crippen molar-refractivity contribution < 1.29 is 38.9 Å². The number of allylic oxidation sites excluding steroid dienone is 4. The number of carbonyl (C=O) groups excluding carboxylic acids is 4. The second kappa shape index (κ2) is 9.34. The molecular formula is C28H39NO8. The zero-order valence-electron chi connectivity index (χ0n) is 22.3. The van der Waals surface area contributed by atoms with Crippen LogP contribution >= 0.6 is 0 Å². The standard InChI is InChI=1S/C28H39NO8/c1-25(2,3)37-24(34)29-14-22(33)36-15-21(32)28(35)11-9-19-18-7-6-16-12-17(30)8-10-26(16,4)23(18)20(31)13-27(19,28)5/h8,10,12,18-20,23,31,35H,6-7,9,11,13-15H2,1-5H3,(H,29,34)/t18-,19-,20-,23+,26-,27-,28-/m0/s1. The van der Waals surface area contributed by atoms with Gasteiger partial charge in [0.15, 0.2) is 12.4 Å². The summed E-state index contributed by atoms with van der Waals surface area (Å²) in [6.45, 7) is 7.94. The SMILES string of the molecule is CC(C)(C)OC(=O)NCC(=O)OCC(=O)[C@@]1(O)CC[C@H]2[C@@H]3CCC4=CC(=O)C=C[C@]4(C)[C@H]3[C@@H](O)C[C@@]21C. The highest BCUT2D eigenvalue weighted by atomic mass is 16.6. The first-order chi connectivity index (χ1) is 17.1. The van der Waals surface area contributed by atoms with Crippen LogP contribution in [-0.4, -0.2) is 64.3 Å². The Morgan fingerprint density at radius 1 is 1.19 bits per heavy atom. The highest BCUT2D eigenvalue weighted by Crippen LogP contribution is 2.67. The summed E-state index contributed by atoms with van der Waals surface area (Å²) < 4.78 is 10.2. The number of hydrogen-bond acceptors (Lipinski definition) is 8. The number of hydrogen-bond donors (Lipinski definition) is 3. The van der Waals surface area contributed by atoms with Gasteiger partial charge in [-0.15, -0.1) is 0 Å². The molecule has 9 heteroatoms. The normalized spacial score (nSPS) is 38.6.